The highest BCUT2D eigenvalue weighted by Gasteiger charge is 2.51. The van der Waals surface area contributed by atoms with E-state index in [1.807, 2.05) is 12.1 Å². The molecule has 0 spiro atoms. The average Bonchev–Trinajstić information content (AvgIpc) is 2.63. The van der Waals surface area contributed by atoms with Crippen LogP contribution >= 0.6 is 0 Å². The van der Waals surface area contributed by atoms with E-state index in [2.05, 4.69) is 48.5 Å². The van der Waals surface area contributed by atoms with Gasteiger partial charge in [-0.05, 0) is 22.8 Å². The number of methoxy groups -OCH3 is 2. The Morgan fingerprint density at radius 3 is 1.82 bits per heavy atom. The van der Waals surface area contributed by atoms with Gasteiger partial charge in [0.2, 0.25) is 0 Å². The van der Waals surface area contributed by atoms with Gasteiger partial charge in [0.05, 0.1) is 0 Å². The van der Waals surface area contributed by atoms with E-state index < -0.39 is 14.3 Å². The predicted molar refractivity (Wildman–Crippen MR) is 89.8 cm³/mol. The first-order valence-electron chi connectivity index (χ1n) is 7.66. The molecule has 3 rings (SSSR count). The van der Waals surface area contributed by atoms with Crippen LogP contribution in [0.15, 0.2) is 60.7 Å². The van der Waals surface area contributed by atoms with Crippen LogP contribution in [0.2, 0.25) is 6.04 Å². The summed E-state index contributed by atoms with van der Waals surface area (Å²) in [4.78, 5) is 0. The summed E-state index contributed by atoms with van der Waals surface area (Å²) >= 11 is 0. The first-order chi connectivity index (χ1) is 10.7. The molecule has 0 atom stereocenters. The maximum Gasteiger partial charge on any atom is 0.273 e. The Morgan fingerprint density at radius 1 is 0.864 bits per heavy atom. The average molecular weight is 314 g/mol. The molecule has 0 amide bonds. The largest absolute Gasteiger partial charge is 0.360 e. The minimum atomic E-state index is -2.36. The zero-order valence-electron chi connectivity index (χ0n) is 13.1. The molecule has 4 heteroatoms. The Balaban J connectivity index is 2.12. The molecule has 0 bridgehead atoms. The molecule has 0 N–H and O–H groups in total. The smallest absolute Gasteiger partial charge is 0.273 e. The van der Waals surface area contributed by atoms with Crippen molar-refractivity contribution in [3.05, 3.63) is 60.7 Å². The molecule has 22 heavy (non-hydrogen) atoms. The van der Waals surface area contributed by atoms with Crippen molar-refractivity contribution in [2.75, 3.05) is 14.2 Å². The summed E-state index contributed by atoms with van der Waals surface area (Å²) in [7, 11) is 0.951. The van der Waals surface area contributed by atoms with Gasteiger partial charge in [-0.2, -0.15) is 0 Å². The fourth-order valence-corrected chi connectivity index (χ4v) is 7.46. The van der Waals surface area contributed by atoms with E-state index >= 15 is 0 Å². The van der Waals surface area contributed by atoms with Crippen molar-refractivity contribution in [1.82, 2.24) is 0 Å². The summed E-state index contributed by atoms with van der Waals surface area (Å²) < 4.78 is 17.9. The topological polar surface area (TPSA) is 27.7 Å². The Hall–Kier alpha value is -1.46. The molecule has 1 fully saturated rings. The molecule has 1 aliphatic rings. The van der Waals surface area contributed by atoms with Gasteiger partial charge in [-0.25, -0.2) is 0 Å². The van der Waals surface area contributed by atoms with Crippen molar-refractivity contribution < 1.29 is 13.9 Å². The molecule has 1 aliphatic heterocycles. The van der Waals surface area contributed by atoms with Crippen molar-refractivity contribution in [1.29, 1.82) is 0 Å². The third kappa shape index (κ3) is 2.63. The zero-order chi connectivity index (χ0) is 15.5. The van der Waals surface area contributed by atoms with Crippen molar-refractivity contribution in [2.24, 2.45) is 0 Å². The lowest BCUT2D eigenvalue weighted by atomic mass is 10.3. The molecule has 2 aromatic rings. The monoisotopic (exact) mass is 314 g/mol. The molecule has 2 aromatic carbocycles. The van der Waals surface area contributed by atoms with E-state index in [0.29, 0.717) is 0 Å². The Morgan fingerprint density at radius 2 is 1.36 bits per heavy atom. The molecule has 0 aromatic heterocycles. The van der Waals surface area contributed by atoms with Gasteiger partial charge in [-0.1, -0.05) is 60.7 Å². The Labute approximate surface area is 133 Å². The normalized spacial score (nSPS) is 19.7. The van der Waals surface area contributed by atoms with E-state index in [0.717, 1.165) is 18.9 Å². The second-order valence-corrected chi connectivity index (χ2v) is 9.12. The first kappa shape index (κ1) is 15.4. The van der Waals surface area contributed by atoms with Crippen molar-refractivity contribution in [2.45, 2.75) is 24.9 Å². The van der Waals surface area contributed by atoms with Crippen LogP contribution in [0.25, 0.3) is 0 Å². The van der Waals surface area contributed by atoms with E-state index in [1.54, 1.807) is 14.2 Å². The molecule has 1 saturated heterocycles. The molecule has 0 aliphatic carbocycles. The van der Waals surface area contributed by atoms with Crippen LogP contribution in [-0.4, -0.2) is 28.5 Å². The summed E-state index contributed by atoms with van der Waals surface area (Å²) in [6, 6.07) is 22.1. The maximum atomic E-state index is 6.63. The van der Waals surface area contributed by atoms with Gasteiger partial charge in [0, 0.05) is 20.6 Å². The number of hydrogen-bond donors (Lipinski definition) is 0. The minimum Gasteiger partial charge on any atom is -0.360 e. The van der Waals surface area contributed by atoms with Crippen LogP contribution in [-0.2, 0) is 13.9 Å². The summed E-state index contributed by atoms with van der Waals surface area (Å²) in [5, 5.41) is 2.53. The zero-order valence-corrected chi connectivity index (χ0v) is 14.1. The highest BCUT2D eigenvalue weighted by Crippen LogP contribution is 2.34. The lowest BCUT2D eigenvalue weighted by Crippen LogP contribution is -2.67. The summed E-state index contributed by atoms with van der Waals surface area (Å²) in [6.45, 7) is 0. The Kier molecular flexibility index (Phi) is 4.45. The van der Waals surface area contributed by atoms with Crippen molar-refractivity contribution >= 4 is 18.7 Å². The van der Waals surface area contributed by atoms with Gasteiger partial charge in [0.25, 0.3) is 14.3 Å². The molecule has 116 valence electrons. The molecule has 0 saturated carbocycles. The van der Waals surface area contributed by atoms with E-state index in [-0.39, 0.29) is 0 Å². The van der Waals surface area contributed by atoms with Gasteiger partial charge >= 0.3 is 0 Å². The fraction of sp³-hybridized carbons (Fsp3) is 0.333. The van der Waals surface area contributed by atoms with Crippen LogP contribution in [0.3, 0.4) is 0 Å². The molecule has 3 nitrogen and oxygen atoms in total. The molecule has 0 radical (unpaired) electrons. The fourth-order valence-electron chi connectivity index (χ4n) is 3.28. The number of benzene rings is 2. The van der Waals surface area contributed by atoms with Gasteiger partial charge in [0.1, 0.15) is 0 Å². The highest BCUT2D eigenvalue weighted by atomic mass is 28.4. The lowest BCUT2D eigenvalue weighted by Gasteiger charge is -2.45. The van der Waals surface area contributed by atoms with Crippen LogP contribution < -0.4 is 10.4 Å². The second-order valence-electron chi connectivity index (χ2n) is 5.61. The van der Waals surface area contributed by atoms with Gasteiger partial charge in [0.15, 0.2) is 0 Å². The molecular weight excluding hydrogens is 292 g/mol. The third-order valence-electron chi connectivity index (χ3n) is 4.44. The van der Waals surface area contributed by atoms with E-state index in [1.165, 1.54) is 10.4 Å². The van der Waals surface area contributed by atoms with E-state index in [9.17, 15) is 0 Å². The lowest BCUT2D eigenvalue weighted by molar-refractivity contribution is -0.334. The molecule has 0 unspecified atom stereocenters. The highest BCUT2D eigenvalue weighted by molar-refractivity contribution is 6.97. The minimum absolute atomic E-state index is 0.758. The number of ether oxygens (including phenoxy) is 2. The quantitative estimate of drug-likeness (QED) is 0.641. The summed E-state index contributed by atoms with van der Waals surface area (Å²) in [6.07, 6.45) is 1.78. The first-order valence-corrected chi connectivity index (χ1v) is 9.78. The van der Waals surface area contributed by atoms with Gasteiger partial charge in [-0.3, -0.25) is 0 Å². The van der Waals surface area contributed by atoms with Crippen LogP contribution in [0.5, 0.6) is 0 Å². The van der Waals surface area contributed by atoms with Crippen molar-refractivity contribution in [3.8, 4) is 0 Å². The maximum absolute atomic E-state index is 6.63. The third-order valence-corrected chi connectivity index (χ3v) is 8.69. The SMILES string of the molecule is COC1(OC)CCC[Si](c2ccccc2)(c2ccccc2)O1. The summed E-state index contributed by atoms with van der Waals surface area (Å²) in [5.74, 6) is -0.934. The van der Waals surface area contributed by atoms with Gasteiger partial charge < -0.3 is 13.9 Å². The second kappa shape index (κ2) is 6.34. The summed E-state index contributed by atoms with van der Waals surface area (Å²) in [5.41, 5.74) is 0. The molecular formula is C18H22O3Si. The molecule has 1 heterocycles. The van der Waals surface area contributed by atoms with Gasteiger partial charge in [-0.15, -0.1) is 0 Å². The number of hydrogen-bond acceptors (Lipinski definition) is 3. The van der Waals surface area contributed by atoms with Crippen LogP contribution in [0.4, 0.5) is 0 Å². The standard InChI is InChI=1S/C18H22O3Si/c1-19-18(20-2)14-9-15-22(21-18,16-10-5-3-6-11-16)17-12-7-4-8-13-17/h3-8,10-13H,9,14-15H2,1-2H3. The number of rotatable bonds is 4. The Bertz CT molecular complexity index is 557. The van der Waals surface area contributed by atoms with Crippen LogP contribution in [0, 0.1) is 0 Å². The van der Waals surface area contributed by atoms with Crippen molar-refractivity contribution in [3.63, 3.8) is 0 Å². The van der Waals surface area contributed by atoms with Crippen LogP contribution in [0.1, 0.15) is 12.8 Å². The van der Waals surface area contributed by atoms with E-state index in [4.69, 9.17) is 13.9 Å². The predicted octanol–water partition coefficient (Wildman–Crippen LogP) is 2.50.